The highest BCUT2D eigenvalue weighted by molar-refractivity contribution is 5.94. The van der Waals surface area contributed by atoms with Crippen molar-refractivity contribution in [2.24, 2.45) is 5.92 Å². The van der Waals surface area contributed by atoms with Crippen molar-refractivity contribution in [1.82, 2.24) is 5.32 Å². The summed E-state index contributed by atoms with van der Waals surface area (Å²) in [6.45, 7) is 0. The number of amides is 1. The third-order valence-electron chi connectivity index (χ3n) is 3.31. The zero-order valence-electron chi connectivity index (χ0n) is 10.0. The molecular formula is C13H13F2NO3. The third kappa shape index (κ3) is 2.89. The van der Waals surface area contributed by atoms with E-state index in [-0.39, 0.29) is 11.6 Å². The van der Waals surface area contributed by atoms with E-state index in [9.17, 15) is 18.4 Å². The maximum atomic E-state index is 13.4. The molecule has 2 unspecified atom stereocenters. The van der Waals surface area contributed by atoms with Crippen LogP contribution < -0.4 is 5.32 Å². The van der Waals surface area contributed by atoms with Gasteiger partial charge in [-0.25, -0.2) is 8.78 Å². The molecule has 6 heteroatoms. The summed E-state index contributed by atoms with van der Waals surface area (Å²) in [4.78, 5) is 22.6. The molecule has 0 heterocycles. The lowest BCUT2D eigenvalue weighted by molar-refractivity contribution is -0.141. The quantitative estimate of drug-likeness (QED) is 0.881. The zero-order chi connectivity index (χ0) is 14.0. The van der Waals surface area contributed by atoms with E-state index in [1.54, 1.807) is 0 Å². The number of nitrogens with one attached hydrogen (secondary N) is 1. The van der Waals surface area contributed by atoms with Crippen molar-refractivity contribution < 1.29 is 23.5 Å². The second-order valence-corrected chi connectivity index (χ2v) is 4.62. The third-order valence-corrected chi connectivity index (χ3v) is 3.31. The number of carboxylic acids is 1. The van der Waals surface area contributed by atoms with Crippen molar-refractivity contribution >= 4 is 11.9 Å². The van der Waals surface area contributed by atoms with E-state index in [1.807, 2.05) is 0 Å². The number of carbonyl (C=O) groups is 2. The number of carbonyl (C=O) groups excluding carboxylic acids is 1. The lowest BCUT2D eigenvalue weighted by Gasteiger charge is -2.12. The number of carboxylic acid groups (broad SMARTS) is 1. The normalized spacial score (nSPS) is 22.2. The predicted octanol–water partition coefficient (Wildman–Crippen LogP) is 1.95. The van der Waals surface area contributed by atoms with Crippen LogP contribution in [0.25, 0.3) is 0 Å². The molecule has 1 amide bonds. The average Bonchev–Trinajstić information content (AvgIpc) is 2.81. The first-order valence-electron chi connectivity index (χ1n) is 5.96. The topological polar surface area (TPSA) is 66.4 Å². The first-order valence-corrected chi connectivity index (χ1v) is 5.96. The summed E-state index contributed by atoms with van der Waals surface area (Å²) < 4.78 is 26.4. The maximum Gasteiger partial charge on any atom is 0.306 e. The SMILES string of the molecule is O=C(NC1CCC(C(=O)O)C1)c1cccc(F)c1F. The summed E-state index contributed by atoms with van der Waals surface area (Å²) in [5, 5.41) is 11.4. The largest absolute Gasteiger partial charge is 0.481 e. The van der Waals surface area contributed by atoms with Gasteiger partial charge in [0.05, 0.1) is 11.5 Å². The Morgan fingerprint density at radius 1 is 1.26 bits per heavy atom. The monoisotopic (exact) mass is 269 g/mol. The van der Waals surface area contributed by atoms with E-state index in [0.29, 0.717) is 19.3 Å². The molecule has 0 spiro atoms. The first kappa shape index (κ1) is 13.5. The second-order valence-electron chi connectivity index (χ2n) is 4.62. The molecule has 2 rings (SSSR count). The van der Waals surface area contributed by atoms with Crippen molar-refractivity contribution in [3.63, 3.8) is 0 Å². The standard InChI is InChI=1S/C13H13F2NO3/c14-10-3-1-2-9(11(10)15)12(17)16-8-5-4-7(6-8)13(18)19/h1-3,7-8H,4-6H2,(H,16,17)(H,18,19). The van der Waals surface area contributed by atoms with E-state index in [2.05, 4.69) is 5.32 Å². The molecule has 1 aromatic carbocycles. The van der Waals surface area contributed by atoms with Crippen LogP contribution in [0.15, 0.2) is 18.2 Å². The minimum Gasteiger partial charge on any atom is -0.481 e. The Kier molecular flexibility index (Phi) is 3.78. The minimum absolute atomic E-state index is 0.309. The fourth-order valence-corrected chi connectivity index (χ4v) is 2.28. The molecule has 19 heavy (non-hydrogen) atoms. The number of benzene rings is 1. The van der Waals surface area contributed by atoms with Gasteiger partial charge in [-0.1, -0.05) is 6.07 Å². The highest BCUT2D eigenvalue weighted by Gasteiger charge is 2.31. The number of hydrogen-bond acceptors (Lipinski definition) is 2. The molecule has 0 bridgehead atoms. The fraction of sp³-hybridized carbons (Fsp3) is 0.385. The van der Waals surface area contributed by atoms with Crippen LogP contribution in [0.4, 0.5) is 8.78 Å². The molecule has 0 saturated heterocycles. The van der Waals surface area contributed by atoms with Crippen LogP contribution in [-0.4, -0.2) is 23.0 Å². The molecular weight excluding hydrogens is 256 g/mol. The van der Waals surface area contributed by atoms with Gasteiger partial charge in [0, 0.05) is 6.04 Å². The molecule has 0 aromatic heterocycles. The van der Waals surface area contributed by atoms with Gasteiger partial charge in [-0.3, -0.25) is 9.59 Å². The Balaban J connectivity index is 2.02. The molecule has 2 atom stereocenters. The summed E-state index contributed by atoms with van der Waals surface area (Å²) >= 11 is 0. The number of halogens is 2. The lowest BCUT2D eigenvalue weighted by atomic mass is 10.1. The molecule has 1 aliphatic carbocycles. The van der Waals surface area contributed by atoms with E-state index in [4.69, 9.17) is 5.11 Å². The molecule has 0 aliphatic heterocycles. The van der Waals surface area contributed by atoms with Crippen molar-refractivity contribution in [2.45, 2.75) is 25.3 Å². The second kappa shape index (κ2) is 5.34. The Morgan fingerprint density at radius 3 is 2.63 bits per heavy atom. The number of rotatable bonds is 3. The molecule has 1 saturated carbocycles. The Hall–Kier alpha value is -1.98. The van der Waals surface area contributed by atoms with E-state index < -0.39 is 29.4 Å². The van der Waals surface area contributed by atoms with E-state index in [1.165, 1.54) is 12.1 Å². The molecule has 0 radical (unpaired) electrons. The molecule has 1 aromatic rings. The van der Waals surface area contributed by atoms with Gasteiger partial charge in [-0.2, -0.15) is 0 Å². The molecule has 2 N–H and O–H groups in total. The van der Waals surface area contributed by atoms with Crippen LogP contribution in [0.1, 0.15) is 29.6 Å². The van der Waals surface area contributed by atoms with Crippen LogP contribution in [0.5, 0.6) is 0 Å². The number of aliphatic carboxylic acids is 1. The highest BCUT2D eigenvalue weighted by atomic mass is 19.2. The van der Waals surface area contributed by atoms with Gasteiger partial charge in [-0.05, 0) is 31.4 Å². The summed E-state index contributed by atoms with van der Waals surface area (Å²) in [6.07, 6.45) is 1.32. The molecule has 1 fully saturated rings. The van der Waals surface area contributed by atoms with Gasteiger partial charge in [-0.15, -0.1) is 0 Å². The Labute approximate surface area is 108 Å². The van der Waals surface area contributed by atoms with Gasteiger partial charge in [0.15, 0.2) is 11.6 Å². The molecule has 102 valence electrons. The van der Waals surface area contributed by atoms with Crippen LogP contribution in [0.3, 0.4) is 0 Å². The van der Waals surface area contributed by atoms with Gasteiger partial charge in [0.1, 0.15) is 0 Å². The van der Waals surface area contributed by atoms with Crippen molar-refractivity contribution in [2.75, 3.05) is 0 Å². The smallest absolute Gasteiger partial charge is 0.306 e. The average molecular weight is 269 g/mol. The lowest BCUT2D eigenvalue weighted by Crippen LogP contribution is -2.34. The van der Waals surface area contributed by atoms with E-state index >= 15 is 0 Å². The van der Waals surface area contributed by atoms with Crippen molar-refractivity contribution in [3.8, 4) is 0 Å². The van der Waals surface area contributed by atoms with Crippen LogP contribution in [0, 0.1) is 17.6 Å². The van der Waals surface area contributed by atoms with Crippen LogP contribution in [0.2, 0.25) is 0 Å². The Bertz CT molecular complexity index is 519. The zero-order valence-corrected chi connectivity index (χ0v) is 10.0. The molecule has 4 nitrogen and oxygen atoms in total. The summed E-state index contributed by atoms with van der Waals surface area (Å²) in [7, 11) is 0. The first-order chi connectivity index (χ1) is 8.99. The summed E-state index contributed by atoms with van der Waals surface area (Å²) in [5.41, 5.74) is -0.362. The van der Waals surface area contributed by atoms with Crippen LogP contribution >= 0.6 is 0 Å². The van der Waals surface area contributed by atoms with Gasteiger partial charge < -0.3 is 10.4 Å². The van der Waals surface area contributed by atoms with Crippen LogP contribution in [-0.2, 0) is 4.79 Å². The van der Waals surface area contributed by atoms with Gasteiger partial charge >= 0.3 is 5.97 Å². The van der Waals surface area contributed by atoms with Crippen molar-refractivity contribution in [3.05, 3.63) is 35.4 Å². The molecule has 1 aliphatic rings. The summed E-state index contributed by atoms with van der Waals surface area (Å²) in [5.74, 6) is -4.36. The maximum absolute atomic E-state index is 13.4. The van der Waals surface area contributed by atoms with Gasteiger partial charge in [0.2, 0.25) is 0 Å². The summed E-state index contributed by atoms with van der Waals surface area (Å²) in [6, 6.07) is 3.07. The van der Waals surface area contributed by atoms with Crippen molar-refractivity contribution in [1.29, 1.82) is 0 Å². The highest BCUT2D eigenvalue weighted by Crippen LogP contribution is 2.26. The van der Waals surface area contributed by atoms with E-state index in [0.717, 1.165) is 6.07 Å². The predicted molar refractivity (Wildman–Crippen MR) is 62.6 cm³/mol. The minimum atomic E-state index is -1.19. The Morgan fingerprint density at radius 2 is 2.00 bits per heavy atom. The van der Waals surface area contributed by atoms with Gasteiger partial charge in [0.25, 0.3) is 5.91 Å². The number of hydrogen-bond donors (Lipinski definition) is 2. The fourth-order valence-electron chi connectivity index (χ4n) is 2.28.